The second-order valence-electron chi connectivity index (χ2n) is 6.06. The Morgan fingerprint density at radius 3 is 2.56 bits per heavy atom. The number of ether oxygens (including phenoxy) is 1. The summed E-state index contributed by atoms with van der Waals surface area (Å²) in [4.78, 5) is 23.9. The molecule has 2 aromatic rings. The number of nitrogens with one attached hydrogen (secondary N) is 1. The fourth-order valence-electron chi connectivity index (χ4n) is 2.26. The van der Waals surface area contributed by atoms with E-state index in [0.29, 0.717) is 23.7 Å². The average molecular weight is 344 g/mol. The van der Waals surface area contributed by atoms with Crippen LogP contribution in [0, 0.1) is 5.92 Å². The first-order valence-corrected chi connectivity index (χ1v) is 8.33. The van der Waals surface area contributed by atoms with Crippen molar-refractivity contribution in [1.29, 1.82) is 0 Å². The molecule has 1 amide bonds. The Morgan fingerprint density at radius 1 is 1.28 bits per heavy atom. The highest BCUT2D eigenvalue weighted by molar-refractivity contribution is 5.95. The zero-order valence-corrected chi connectivity index (χ0v) is 14.8. The Morgan fingerprint density at radius 2 is 1.96 bits per heavy atom. The number of aromatic nitrogens is 2. The third-order valence-corrected chi connectivity index (χ3v) is 3.68. The van der Waals surface area contributed by atoms with Crippen LogP contribution in [0.1, 0.15) is 47.9 Å². The molecule has 0 bridgehead atoms. The molecule has 0 spiro atoms. The lowest BCUT2D eigenvalue weighted by Crippen LogP contribution is -2.25. The first-order valence-electron chi connectivity index (χ1n) is 8.33. The SMILES string of the molecule is CCOC(=O)c1cnn(-c2ccc(C(=O)NCCC(C)C)cc2)c1N. The van der Waals surface area contributed by atoms with Crippen LogP contribution in [0.3, 0.4) is 0 Å². The van der Waals surface area contributed by atoms with Crippen molar-refractivity contribution in [3.05, 3.63) is 41.6 Å². The van der Waals surface area contributed by atoms with E-state index in [1.807, 2.05) is 0 Å². The van der Waals surface area contributed by atoms with Crippen molar-refractivity contribution in [3.63, 3.8) is 0 Å². The molecule has 0 aliphatic rings. The molecule has 1 aromatic carbocycles. The molecule has 2 rings (SSSR count). The molecule has 0 fully saturated rings. The number of hydrogen-bond donors (Lipinski definition) is 2. The van der Waals surface area contributed by atoms with Gasteiger partial charge in [-0.25, -0.2) is 9.48 Å². The quantitative estimate of drug-likeness (QED) is 0.752. The van der Waals surface area contributed by atoms with E-state index in [-0.39, 0.29) is 23.9 Å². The number of carbonyl (C=O) groups excluding carboxylic acids is 2. The zero-order chi connectivity index (χ0) is 18.4. The third-order valence-electron chi connectivity index (χ3n) is 3.68. The second-order valence-corrected chi connectivity index (χ2v) is 6.06. The molecule has 134 valence electrons. The minimum Gasteiger partial charge on any atom is -0.462 e. The van der Waals surface area contributed by atoms with Gasteiger partial charge in [-0.2, -0.15) is 5.10 Å². The molecule has 0 saturated carbocycles. The van der Waals surface area contributed by atoms with Crippen LogP contribution in [-0.4, -0.2) is 34.8 Å². The summed E-state index contributed by atoms with van der Waals surface area (Å²) in [5, 5.41) is 7.01. The van der Waals surface area contributed by atoms with Crippen LogP contribution in [0.5, 0.6) is 0 Å². The van der Waals surface area contributed by atoms with Gasteiger partial charge in [0.25, 0.3) is 5.91 Å². The van der Waals surface area contributed by atoms with Gasteiger partial charge in [0, 0.05) is 12.1 Å². The average Bonchev–Trinajstić information content (AvgIpc) is 2.96. The number of anilines is 1. The minimum absolute atomic E-state index is 0.118. The van der Waals surface area contributed by atoms with Gasteiger partial charge in [0.2, 0.25) is 0 Å². The molecule has 3 N–H and O–H groups in total. The Kier molecular flexibility index (Phi) is 6.16. The number of benzene rings is 1. The molecular formula is C18H24N4O3. The van der Waals surface area contributed by atoms with Crippen LogP contribution in [0.25, 0.3) is 5.69 Å². The lowest BCUT2D eigenvalue weighted by molar-refractivity contribution is 0.0527. The number of nitrogens with zero attached hydrogens (tertiary/aromatic N) is 2. The van der Waals surface area contributed by atoms with Gasteiger partial charge >= 0.3 is 5.97 Å². The maximum Gasteiger partial charge on any atom is 0.343 e. The molecule has 7 heteroatoms. The van der Waals surface area contributed by atoms with E-state index in [4.69, 9.17) is 10.5 Å². The van der Waals surface area contributed by atoms with Crippen molar-refractivity contribution in [1.82, 2.24) is 15.1 Å². The number of hydrogen-bond acceptors (Lipinski definition) is 5. The van der Waals surface area contributed by atoms with Gasteiger partial charge in [0.1, 0.15) is 11.4 Å². The Labute approximate surface area is 147 Å². The normalized spacial score (nSPS) is 10.7. The van der Waals surface area contributed by atoms with Crippen LogP contribution in [0.15, 0.2) is 30.5 Å². The number of esters is 1. The number of nitrogens with two attached hydrogens (primary N) is 1. The van der Waals surface area contributed by atoms with E-state index in [1.165, 1.54) is 10.9 Å². The third kappa shape index (κ3) is 4.59. The molecule has 1 heterocycles. The molecule has 0 aliphatic carbocycles. The van der Waals surface area contributed by atoms with E-state index in [1.54, 1.807) is 31.2 Å². The lowest BCUT2D eigenvalue weighted by Gasteiger charge is -2.09. The minimum atomic E-state index is -0.507. The molecule has 0 saturated heterocycles. The molecule has 0 unspecified atom stereocenters. The van der Waals surface area contributed by atoms with Crippen molar-refractivity contribution in [2.24, 2.45) is 5.92 Å². The summed E-state index contributed by atoms with van der Waals surface area (Å²) in [7, 11) is 0. The molecule has 25 heavy (non-hydrogen) atoms. The summed E-state index contributed by atoms with van der Waals surface area (Å²) in [5.41, 5.74) is 7.42. The van der Waals surface area contributed by atoms with E-state index in [9.17, 15) is 9.59 Å². The predicted molar refractivity (Wildman–Crippen MR) is 95.7 cm³/mol. The monoisotopic (exact) mass is 344 g/mol. The highest BCUT2D eigenvalue weighted by Crippen LogP contribution is 2.18. The summed E-state index contributed by atoms with van der Waals surface area (Å²) >= 11 is 0. The van der Waals surface area contributed by atoms with E-state index in [2.05, 4.69) is 24.3 Å². The fraction of sp³-hybridized carbons (Fsp3) is 0.389. The molecule has 0 aliphatic heterocycles. The van der Waals surface area contributed by atoms with Crippen LogP contribution in [0.2, 0.25) is 0 Å². The number of rotatable bonds is 7. The van der Waals surface area contributed by atoms with Crippen molar-refractivity contribution >= 4 is 17.7 Å². The van der Waals surface area contributed by atoms with E-state index < -0.39 is 5.97 Å². The molecule has 0 atom stereocenters. The van der Waals surface area contributed by atoms with E-state index in [0.717, 1.165) is 6.42 Å². The molecule has 7 nitrogen and oxygen atoms in total. The highest BCUT2D eigenvalue weighted by atomic mass is 16.5. The Bertz CT molecular complexity index is 735. The van der Waals surface area contributed by atoms with Gasteiger partial charge in [0.15, 0.2) is 0 Å². The summed E-state index contributed by atoms with van der Waals surface area (Å²) in [5.74, 6) is 0.117. The van der Waals surface area contributed by atoms with Crippen LogP contribution < -0.4 is 11.1 Å². The predicted octanol–water partition coefficient (Wildman–Crippen LogP) is 2.41. The van der Waals surface area contributed by atoms with E-state index >= 15 is 0 Å². The van der Waals surface area contributed by atoms with Crippen LogP contribution >= 0.6 is 0 Å². The van der Waals surface area contributed by atoms with Crippen LogP contribution in [-0.2, 0) is 4.74 Å². The van der Waals surface area contributed by atoms with Gasteiger partial charge in [-0.05, 0) is 43.5 Å². The van der Waals surface area contributed by atoms with Crippen molar-refractivity contribution < 1.29 is 14.3 Å². The largest absolute Gasteiger partial charge is 0.462 e. The fourth-order valence-corrected chi connectivity index (χ4v) is 2.26. The molecular weight excluding hydrogens is 320 g/mol. The maximum absolute atomic E-state index is 12.1. The summed E-state index contributed by atoms with van der Waals surface area (Å²) in [6.07, 6.45) is 2.31. The topological polar surface area (TPSA) is 99.2 Å². The van der Waals surface area contributed by atoms with Crippen molar-refractivity contribution in [3.8, 4) is 5.69 Å². The van der Waals surface area contributed by atoms with Crippen molar-refractivity contribution in [2.75, 3.05) is 18.9 Å². The number of carbonyl (C=O) groups is 2. The number of amides is 1. The van der Waals surface area contributed by atoms with Gasteiger partial charge < -0.3 is 15.8 Å². The van der Waals surface area contributed by atoms with Crippen LogP contribution in [0.4, 0.5) is 5.82 Å². The Balaban J connectivity index is 2.10. The number of nitrogen functional groups attached to an aromatic ring is 1. The van der Waals surface area contributed by atoms with Gasteiger partial charge in [-0.3, -0.25) is 4.79 Å². The zero-order valence-electron chi connectivity index (χ0n) is 14.8. The highest BCUT2D eigenvalue weighted by Gasteiger charge is 2.17. The summed E-state index contributed by atoms with van der Waals surface area (Å²) in [6.45, 7) is 6.86. The Hall–Kier alpha value is -2.83. The molecule has 1 aromatic heterocycles. The van der Waals surface area contributed by atoms with Gasteiger partial charge in [-0.15, -0.1) is 0 Å². The smallest absolute Gasteiger partial charge is 0.343 e. The summed E-state index contributed by atoms with van der Waals surface area (Å²) < 4.78 is 6.37. The lowest BCUT2D eigenvalue weighted by atomic mass is 10.1. The van der Waals surface area contributed by atoms with Crippen molar-refractivity contribution in [2.45, 2.75) is 27.2 Å². The maximum atomic E-state index is 12.1. The molecule has 0 radical (unpaired) electrons. The first-order chi connectivity index (χ1) is 11.9. The first kappa shape index (κ1) is 18.5. The second kappa shape index (κ2) is 8.32. The van der Waals surface area contributed by atoms with Gasteiger partial charge in [-0.1, -0.05) is 13.8 Å². The standard InChI is InChI=1S/C18H24N4O3/c1-4-25-18(24)15-11-21-22(16(15)19)14-7-5-13(6-8-14)17(23)20-10-9-12(2)3/h5-8,11-12H,4,9-10,19H2,1-3H3,(H,20,23). The van der Waals surface area contributed by atoms with Gasteiger partial charge in [0.05, 0.1) is 18.5 Å². The summed E-state index contributed by atoms with van der Waals surface area (Å²) in [6, 6.07) is 6.86.